The number of rotatable bonds is 7. The van der Waals surface area contributed by atoms with Crippen molar-refractivity contribution in [3.63, 3.8) is 0 Å². The lowest BCUT2D eigenvalue weighted by atomic mass is 9.88. The quantitative estimate of drug-likeness (QED) is 0.719. The molecule has 3 N–H and O–H groups in total. The van der Waals surface area contributed by atoms with Crippen LogP contribution in [0, 0.1) is 5.92 Å². The van der Waals surface area contributed by atoms with Crippen molar-refractivity contribution >= 4 is 11.8 Å². The van der Waals surface area contributed by atoms with Gasteiger partial charge in [-0.25, -0.2) is 0 Å². The molecule has 2 amide bonds. The van der Waals surface area contributed by atoms with Gasteiger partial charge in [-0.05, 0) is 30.5 Å². The number of amides is 2. The molecule has 0 aromatic heterocycles. The van der Waals surface area contributed by atoms with E-state index in [4.69, 9.17) is 0 Å². The van der Waals surface area contributed by atoms with Gasteiger partial charge in [-0.3, -0.25) is 9.59 Å². The van der Waals surface area contributed by atoms with E-state index in [9.17, 15) is 14.7 Å². The van der Waals surface area contributed by atoms with Crippen molar-refractivity contribution in [1.29, 1.82) is 0 Å². The fourth-order valence-electron chi connectivity index (χ4n) is 1.98. The van der Waals surface area contributed by atoms with Crippen molar-refractivity contribution < 1.29 is 14.7 Å². The Morgan fingerprint density at radius 3 is 2.32 bits per heavy atom. The summed E-state index contributed by atoms with van der Waals surface area (Å²) in [5.41, 5.74) is 0.542. The van der Waals surface area contributed by atoms with Crippen molar-refractivity contribution in [2.75, 3.05) is 6.54 Å². The zero-order valence-electron chi connectivity index (χ0n) is 13.8. The molecule has 122 valence electrons. The first kappa shape index (κ1) is 18.2. The average molecular weight is 306 g/mol. The van der Waals surface area contributed by atoms with Crippen LogP contribution in [0.1, 0.15) is 50.0 Å². The van der Waals surface area contributed by atoms with Crippen LogP contribution in [0.2, 0.25) is 0 Å². The topological polar surface area (TPSA) is 78.4 Å². The minimum atomic E-state index is -0.921. The number of hydrogen-bond acceptors (Lipinski definition) is 3. The van der Waals surface area contributed by atoms with Gasteiger partial charge in [-0.2, -0.15) is 0 Å². The molecule has 0 spiro atoms. The summed E-state index contributed by atoms with van der Waals surface area (Å²) in [6.07, 6.45) is 0.848. The average Bonchev–Trinajstić information content (AvgIpc) is 2.50. The predicted octanol–water partition coefficient (Wildman–Crippen LogP) is 1.85. The molecule has 5 heteroatoms. The summed E-state index contributed by atoms with van der Waals surface area (Å²) >= 11 is 0. The van der Waals surface area contributed by atoms with Gasteiger partial charge in [0.2, 0.25) is 5.91 Å². The Morgan fingerprint density at radius 1 is 1.23 bits per heavy atom. The largest absolute Gasteiger partial charge is 0.388 e. The fraction of sp³-hybridized carbons (Fsp3) is 0.529. The van der Waals surface area contributed by atoms with Crippen molar-refractivity contribution in [2.24, 2.45) is 5.92 Å². The Labute approximate surface area is 132 Å². The minimum absolute atomic E-state index is 0.0888. The number of nitrogens with one attached hydrogen (secondary N) is 2. The smallest absolute Gasteiger partial charge is 0.251 e. The Bertz CT molecular complexity index is 509. The molecule has 2 unspecified atom stereocenters. The predicted molar refractivity (Wildman–Crippen MR) is 86.4 cm³/mol. The Morgan fingerprint density at radius 2 is 1.82 bits per heavy atom. The fourth-order valence-corrected chi connectivity index (χ4v) is 1.98. The second-order valence-corrected chi connectivity index (χ2v) is 5.96. The maximum atomic E-state index is 12.1. The normalized spacial score (nSPS) is 14.8. The summed E-state index contributed by atoms with van der Waals surface area (Å²) in [5.74, 6) is -0.198. The number of benzene rings is 1. The van der Waals surface area contributed by atoms with Crippen LogP contribution in [-0.4, -0.2) is 29.1 Å². The van der Waals surface area contributed by atoms with Crippen LogP contribution in [0.4, 0.5) is 0 Å². The van der Waals surface area contributed by atoms with Gasteiger partial charge in [-0.1, -0.05) is 32.4 Å². The standard InChI is InChI=1S/C17H26N2O3/c1-5-12(2)17(4,22)11-19-16(21)15-8-6-14(7-9-15)10-18-13(3)20/h6-9,12,22H,5,10-11H2,1-4H3,(H,18,20)(H,19,21). The second-order valence-electron chi connectivity index (χ2n) is 5.96. The third kappa shape index (κ3) is 5.48. The molecule has 1 rings (SSSR count). The highest BCUT2D eigenvalue weighted by molar-refractivity contribution is 5.94. The number of hydrogen-bond donors (Lipinski definition) is 3. The summed E-state index contributed by atoms with van der Waals surface area (Å²) in [6, 6.07) is 7.03. The van der Waals surface area contributed by atoms with Crippen LogP contribution < -0.4 is 10.6 Å². The molecule has 1 aromatic carbocycles. The van der Waals surface area contributed by atoms with Crippen molar-refractivity contribution in [3.05, 3.63) is 35.4 Å². The highest BCUT2D eigenvalue weighted by Crippen LogP contribution is 2.19. The molecular weight excluding hydrogens is 280 g/mol. The Hall–Kier alpha value is -1.88. The van der Waals surface area contributed by atoms with Crippen molar-refractivity contribution in [1.82, 2.24) is 10.6 Å². The molecule has 1 aromatic rings. The number of carbonyl (C=O) groups excluding carboxylic acids is 2. The van der Waals surface area contributed by atoms with Gasteiger partial charge < -0.3 is 15.7 Å². The summed E-state index contributed by atoms with van der Waals surface area (Å²) < 4.78 is 0. The number of aliphatic hydroxyl groups is 1. The molecule has 0 saturated carbocycles. The maximum Gasteiger partial charge on any atom is 0.251 e. The first-order valence-electron chi connectivity index (χ1n) is 7.60. The molecule has 0 aliphatic heterocycles. The molecule has 5 nitrogen and oxygen atoms in total. The first-order chi connectivity index (χ1) is 10.3. The molecule has 0 saturated heterocycles. The lowest BCUT2D eigenvalue weighted by Gasteiger charge is -2.29. The molecule has 0 aliphatic carbocycles. The van der Waals surface area contributed by atoms with Crippen LogP contribution in [0.25, 0.3) is 0 Å². The zero-order chi connectivity index (χ0) is 16.8. The lowest BCUT2D eigenvalue weighted by molar-refractivity contribution is -0.119. The third-order valence-electron chi connectivity index (χ3n) is 4.04. The molecule has 0 bridgehead atoms. The van der Waals surface area contributed by atoms with E-state index >= 15 is 0 Å². The zero-order valence-corrected chi connectivity index (χ0v) is 13.8. The van der Waals surface area contributed by atoms with Gasteiger partial charge in [0.15, 0.2) is 0 Å². The van der Waals surface area contributed by atoms with Gasteiger partial charge >= 0.3 is 0 Å². The number of carbonyl (C=O) groups is 2. The van der Waals surface area contributed by atoms with Crippen LogP contribution in [-0.2, 0) is 11.3 Å². The van der Waals surface area contributed by atoms with Crippen molar-refractivity contribution in [2.45, 2.75) is 46.3 Å². The molecule has 22 heavy (non-hydrogen) atoms. The van der Waals surface area contributed by atoms with Gasteiger partial charge in [0, 0.05) is 25.6 Å². The molecule has 0 radical (unpaired) electrons. The first-order valence-corrected chi connectivity index (χ1v) is 7.60. The van der Waals surface area contributed by atoms with E-state index in [-0.39, 0.29) is 24.3 Å². The van der Waals surface area contributed by atoms with Gasteiger partial charge in [0.05, 0.1) is 5.60 Å². The Balaban J connectivity index is 2.57. The molecule has 0 aliphatic rings. The molecular formula is C17H26N2O3. The van der Waals surface area contributed by atoms with E-state index in [1.807, 2.05) is 13.8 Å². The summed E-state index contributed by atoms with van der Waals surface area (Å²) in [4.78, 5) is 22.9. The lowest BCUT2D eigenvalue weighted by Crippen LogP contribution is -2.45. The SMILES string of the molecule is CCC(C)C(C)(O)CNC(=O)c1ccc(CNC(C)=O)cc1. The maximum absolute atomic E-state index is 12.1. The van der Waals surface area contributed by atoms with Crippen LogP contribution in [0.3, 0.4) is 0 Å². The monoisotopic (exact) mass is 306 g/mol. The van der Waals surface area contributed by atoms with E-state index in [0.717, 1.165) is 12.0 Å². The van der Waals surface area contributed by atoms with E-state index in [2.05, 4.69) is 10.6 Å². The second kappa shape index (κ2) is 7.94. The highest BCUT2D eigenvalue weighted by atomic mass is 16.3. The summed E-state index contributed by atoms with van der Waals surface area (Å²) in [5, 5.41) is 15.8. The Kier molecular flexibility index (Phi) is 6.56. The molecule has 0 heterocycles. The van der Waals surface area contributed by atoms with Crippen molar-refractivity contribution in [3.8, 4) is 0 Å². The van der Waals surface area contributed by atoms with Crippen LogP contribution >= 0.6 is 0 Å². The van der Waals surface area contributed by atoms with Crippen LogP contribution in [0.5, 0.6) is 0 Å². The van der Waals surface area contributed by atoms with E-state index in [1.165, 1.54) is 6.92 Å². The molecule has 2 atom stereocenters. The third-order valence-corrected chi connectivity index (χ3v) is 4.04. The molecule has 0 fully saturated rings. The van der Waals surface area contributed by atoms with E-state index < -0.39 is 5.60 Å². The van der Waals surface area contributed by atoms with Crippen LogP contribution in [0.15, 0.2) is 24.3 Å². The summed E-state index contributed by atoms with van der Waals surface area (Å²) in [6.45, 7) is 7.83. The van der Waals surface area contributed by atoms with E-state index in [0.29, 0.717) is 12.1 Å². The van der Waals surface area contributed by atoms with Gasteiger partial charge in [0.25, 0.3) is 5.91 Å². The minimum Gasteiger partial charge on any atom is -0.388 e. The highest BCUT2D eigenvalue weighted by Gasteiger charge is 2.27. The van der Waals surface area contributed by atoms with Gasteiger partial charge in [-0.15, -0.1) is 0 Å². The van der Waals surface area contributed by atoms with E-state index in [1.54, 1.807) is 31.2 Å². The van der Waals surface area contributed by atoms with Gasteiger partial charge in [0.1, 0.15) is 0 Å². The summed E-state index contributed by atoms with van der Waals surface area (Å²) in [7, 11) is 0.